The quantitative estimate of drug-likeness (QED) is 0.862. The Morgan fingerprint density at radius 2 is 2.38 bits per heavy atom. The maximum absolute atomic E-state index is 13.9. The summed E-state index contributed by atoms with van der Waals surface area (Å²) in [7, 11) is 0. The molecule has 0 saturated carbocycles. The van der Waals surface area contributed by atoms with E-state index in [-0.39, 0.29) is 37.1 Å². The van der Waals surface area contributed by atoms with E-state index in [9.17, 15) is 14.0 Å². The minimum atomic E-state index is -0.789. The van der Waals surface area contributed by atoms with Gasteiger partial charge in [0.2, 0.25) is 0 Å². The first-order chi connectivity index (χ1) is 10.1. The molecule has 1 aromatic rings. The summed E-state index contributed by atoms with van der Waals surface area (Å²) < 4.78 is 23.7. The molecule has 0 atom stereocenters. The standard InChI is InChI=1S/C14H13FN2O4/c1-3-5-17-11-7-10(16-14(19)20-4-2)9(15)6-12(11)21-8-13(17)18/h1,6-7H,4-5,8H2,2H3,(H,16,19). The fourth-order valence-corrected chi connectivity index (χ4v) is 1.86. The van der Waals surface area contributed by atoms with Crippen LogP contribution in [0.5, 0.6) is 5.75 Å². The molecule has 1 heterocycles. The molecule has 1 aliphatic rings. The van der Waals surface area contributed by atoms with Crippen molar-refractivity contribution in [2.45, 2.75) is 6.92 Å². The number of fused-ring (bicyclic) bond motifs is 1. The van der Waals surface area contributed by atoms with Crippen LogP contribution in [0.25, 0.3) is 0 Å². The fraction of sp³-hybridized carbons (Fsp3) is 0.286. The monoisotopic (exact) mass is 292 g/mol. The number of rotatable bonds is 3. The molecule has 1 aliphatic heterocycles. The van der Waals surface area contributed by atoms with Gasteiger partial charge in [-0.3, -0.25) is 15.0 Å². The Hall–Kier alpha value is -2.75. The second-order valence-electron chi connectivity index (χ2n) is 4.12. The lowest BCUT2D eigenvalue weighted by atomic mass is 10.2. The van der Waals surface area contributed by atoms with Crippen molar-refractivity contribution in [3.8, 4) is 18.1 Å². The molecule has 21 heavy (non-hydrogen) atoms. The van der Waals surface area contributed by atoms with E-state index >= 15 is 0 Å². The van der Waals surface area contributed by atoms with Crippen molar-refractivity contribution in [2.24, 2.45) is 0 Å². The maximum Gasteiger partial charge on any atom is 0.411 e. The number of amides is 2. The highest BCUT2D eigenvalue weighted by Crippen LogP contribution is 2.36. The maximum atomic E-state index is 13.9. The summed E-state index contributed by atoms with van der Waals surface area (Å²) in [6.07, 6.45) is 4.43. The molecule has 0 saturated heterocycles. The molecule has 0 bridgehead atoms. The number of terminal acetylenes is 1. The van der Waals surface area contributed by atoms with Crippen molar-refractivity contribution in [2.75, 3.05) is 30.0 Å². The second kappa shape index (κ2) is 6.13. The number of anilines is 2. The molecule has 0 aromatic heterocycles. The molecule has 1 aromatic carbocycles. The lowest BCUT2D eigenvalue weighted by Gasteiger charge is -2.28. The summed E-state index contributed by atoms with van der Waals surface area (Å²) in [5, 5.41) is 2.26. The van der Waals surface area contributed by atoms with Gasteiger partial charge in [-0.05, 0) is 13.0 Å². The Balaban J connectivity index is 2.36. The summed E-state index contributed by atoms with van der Waals surface area (Å²) in [6, 6.07) is 2.38. The normalized spacial score (nSPS) is 13.0. The molecule has 1 N–H and O–H groups in total. The van der Waals surface area contributed by atoms with Gasteiger partial charge in [0, 0.05) is 6.07 Å². The molecule has 0 aliphatic carbocycles. The molecule has 0 unspecified atom stereocenters. The van der Waals surface area contributed by atoms with Crippen LogP contribution in [-0.2, 0) is 9.53 Å². The third kappa shape index (κ3) is 3.05. The first-order valence-electron chi connectivity index (χ1n) is 6.20. The van der Waals surface area contributed by atoms with Gasteiger partial charge in [0.1, 0.15) is 5.75 Å². The SMILES string of the molecule is C#CCN1C(=O)COc2cc(F)c(NC(=O)OCC)cc21. The Morgan fingerprint density at radius 1 is 1.62 bits per heavy atom. The van der Waals surface area contributed by atoms with Gasteiger partial charge in [-0.25, -0.2) is 9.18 Å². The lowest BCUT2D eigenvalue weighted by Crippen LogP contribution is -2.39. The van der Waals surface area contributed by atoms with Crippen LogP contribution in [0.4, 0.5) is 20.6 Å². The summed E-state index contributed by atoms with van der Waals surface area (Å²) in [4.78, 5) is 24.4. The van der Waals surface area contributed by atoms with Crippen molar-refractivity contribution in [1.82, 2.24) is 0 Å². The first kappa shape index (κ1) is 14.7. The summed E-state index contributed by atoms with van der Waals surface area (Å²) >= 11 is 0. The van der Waals surface area contributed by atoms with Crippen molar-refractivity contribution >= 4 is 23.4 Å². The predicted molar refractivity (Wildman–Crippen MR) is 73.7 cm³/mol. The third-order valence-electron chi connectivity index (χ3n) is 2.75. The Morgan fingerprint density at radius 3 is 3.05 bits per heavy atom. The molecule has 6 nitrogen and oxygen atoms in total. The van der Waals surface area contributed by atoms with Gasteiger partial charge in [-0.1, -0.05) is 5.92 Å². The molecular weight excluding hydrogens is 279 g/mol. The van der Waals surface area contributed by atoms with Gasteiger partial charge in [-0.15, -0.1) is 6.42 Å². The largest absolute Gasteiger partial charge is 0.481 e. The van der Waals surface area contributed by atoms with Crippen LogP contribution in [0.3, 0.4) is 0 Å². The van der Waals surface area contributed by atoms with Crippen molar-refractivity contribution < 1.29 is 23.5 Å². The Kier molecular flexibility index (Phi) is 4.28. The van der Waals surface area contributed by atoms with E-state index in [4.69, 9.17) is 11.2 Å². The number of hydrogen-bond acceptors (Lipinski definition) is 4. The number of ether oxygens (including phenoxy) is 2. The second-order valence-corrected chi connectivity index (χ2v) is 4.12. The Bertz CT molecular complexity index is 624. The highest BCUT2D eigenvalue weighted by atomic mass is 19.1. The van der Waals surface area contributed by atoms with Crippen LogP contribution in [0.1, 0.15) is 6.92 Å². The third-order valence-corrected chi connectivity index (χ3v) is 2.75. The van der Waals surface area contributed by atoms with Crippen molar-refractivity contribution in [3.05, 3.63) is 17.9 Å². The van der Waals surface area contributed by atoms with Gasteiger partial charge >= 0.3 is 6.09 Å². The number of nitrogens with zero attached hydrogens (tertiary/aromatic N) is 1. The van der Waals surface area contributed by atoms with Gasteiger partial charge in [0.05, 0.1) is 24.5 Å². The van der Waals surface area contributed by atoms with Gasteiger partial charge in [-0.2, -0.15) is 0 Å². The van der Waals surface area contributed by atoms with Gasteiger partial charge < -0.3 is 9.47 Å². The molecule has 2 amide bonds. The molecule has 7 heteroatoms. The van der Waals surface area contributed by atoms with Gasteiger partial charge in [0.15, 0.2) is 12.4 Å². The lowest BCUT2D eigenvalue weighted by molar-refractivity contribution is -0.121. The molecular formula is C14H13FN2O4. The van der Waals surface area contributed by atoms with E-state index in [2.05, 4.69) is 16.0 Å². The number of carbonyl (C=O) groups excluding carboxylic acids is 2. The minimum absolute atomic E-state index is 0.0275. The van der Waals surface area contributed by atoms with Crippen molar-refractivity contribution in [1.29, 1.82) is 0 Å². The first-order valence-corrected chi connectivity index (χ1v) is 6.20. The van der Waals surface area contributed by atoms with E-state index in [1.165, 1.54) is 11.0 Å². The van der Waals surface area contributed by atoms with Crippen LogP contribution >= 0.6 is 0 Å². The highest BCUT2D eigenvalue weighted by molar-refractivity contribution is 5.99. The number of hydrogen-bond donors (Lipinski definition) is 1. The van der Waals surface area contributed by atoms with Crippen molar-refractivity contribution in [3.63, 3.8) is 0 Å². The van der Waals surface area contributed by atoms with Crippen LogP contribution in [-0.4, -0.2) is 31.8 Å². The smallest absolute Gasteiger partial charge is 0.411 e. The summed E-state index contributed by atoms with van der Waals surface area (Å²) in [5.41, 5.74) is 0.185. The topological polar surface area (TPSA) is 67.9 Å². The van der Waals surface area contributed by atoms with E-state index in [1.54, 1.807) is 6.92 Å². The zero-order chi connectivity index (χ0) is 15.4. The molecule has 0 radical (unpaired) electrons. The van der Waals surface area contributed by atoms with Gasteiger partial charge in [0.25, 0.3) is 5.91 Å². The van der Waals surface area contributed by atoms with E-state index < -0.39 is 11.9 Å². The molecule has 2 rings (SSSR count). The summed E-state index contributed by atoms with van der Waals surface area (Å²) in [6.45, 7) is 1.60. The van der Waals surface area contributed by atoms with Crippen LogP contribution in [0, 0.1) is 18.2 Å². The van der Waals surface area contributed by atoms with E-state index in [0.717, 1.165) is 6.07 Å². The Labute approximate surface area is 120 Å². The molecule has 0 spiro atoms. The zero-order valence-electron chi connectivity index (χ0n) is 11.3. The van der Waals surface area contributed by atoms with Crippen LogP contribution in [0.2, 0.25) is 0 Å². The fourth-order valence-electron chi connectivity index (χ4n) is 1.86. The molecule has 110 valence electrons. The average molecular weight is 292 g/mol. The number of benzene rings is 1. The zero-order valence-corrected chi connectivity index (χ0v) is 11.3. The van der Waals surface area contributed by atoms with Crippen LogP contribution in [0.15, 0.2) is 12.1 Å². The van der Waals surface area contributed by atoms with Crippen LogP contribution < -0.4 is 15.0 Å². The summed E-state index contributed by atoms with van der Waals surface area (Å²) in [5.74, 6) is 1.50. The molecule has 0 fully saturated rings. The van der Waals surface area contributed by atoms with E-state index in [0.29, 0.717) is 5.69 Å². The predicted octanol–water partition coefficient (Wildman–Crippen LogP) is 1.75. The van der Waals surface area contributed by atoms with E-state index in [1.807, 2.05) is 0 Å². The number of carbonyl (C=O) groups is 2. The number of nitrogens with one attached hydrogen (secondary N) is 1. The minimum Gasteiger partial charge on any atom is -0.481 e. The highest BCUT2D eigenvalue weighted by Gasteiger charge is 2.27. The average Bonchev–Trinajstić information content (AvgIpc) is 2.44. The number of halogens is 1.